The van der Waals surface area contributed by atoms with Crippen molar-refractivity contribution in [2.24, 2.45) is 0 Å². The highest BCUT2D eigenvalue weighted by molar-refractivity contribution is 6.60. The summed E-state index contributed by atoms with van der Waals surface area (Å²) in [5, 5.41) is 4.25. The van der Waals surface area contributed by atoms with Crippen LogP contribution in [0.4, 0.5) is 0 Å². The molecule has 1 fully saturated rings. The van der Waals surface area contributed by atoms with E-state index >= 15 is 0 Å². The van der Waals surface area contributed by atoms with E-state index < -0.39 is 18.3 Å². The molecule has 0 saturated carbocycles. The van der Waals surface area contributed by atoms with Crippen LogP contribution in [0, 0.1) is 0 Å². The summed E-state index contributed by atoms with van der Waals surface area (Å²) in [6.45, 7) is 8.10. The summed E-state index contributed by atoms with van der Waals surface area (Å²) in [5.74, 6) is 1.08. The molecule has 0 radical (unpaired) electrons. The van der Waals surface area contributed by atoms with E-state index in [1.165, 1.54) is 0 Å². The second-order valence-corrected chi connectivity index (χ2v) is 13.1. The molecular weight excluding hydrogens is 585 g/mol. The van der Waals surface area contributed by atoms with Crippen molar-refractivity contribution >= 4 is 56.7 Å². The number of nitrogens with zero attached hydrogens (tertiary/aromatic N) is 3. The summed E-state index contributed by atoms with van der Waals surface area (Å²) in [4.78, 5) is 14.8. The van der Waals surface area contributed by atoms with Gasteiger partial charge < -0.3 is 18.1 Å². The van der Waals surface area contributed by atoms with Crippen molar-refractivity contribution in [1.82, 2.24) is 15.0 Å². The second-order valence-electron chi connectivity index (χ2n) is 13.1. The van der Waals surface area contributed by atoms with Crippen molar-refractivity contribution in [3.63, 3.8) is 0 Å². The van der Waals surface area contributed by atoms with Crippen LogP contribution in [-0.2, 0) is 9.31 Å². The number of hydrogen-bond donors (Lipinski definition) is 0. The minimum atomic E-state index is -0.741. The molecule has 0 bridgehead atoms. The van der Waals surface area contributed by atoms with Crippen molar-refractivity contribution in [1.29, 1.82) is 0 Å². The normalized spacial score (nSPS) is 15.8. The molecule has 0 N–H and O–H groups in total. The number of fused-ring (bicyclic) bond motifs is 6. The lowest BCUT2D eigenvalue weighted by atomic mass is 9.89. The van der Waals surface area contributed by atoms with Crippen LogP contribution < -0.4 is 5.72 Å². The van der Waals surface area contributed by atoms with Crippen LogP contribution in [0.1, 0.15) is 27.7 Å². The molecule has 1 aliphatic rings. The van der Waals surface area contributed by atoms with Crippen LogP contribution in [0.3, 0.4) is 0 Å². The van der Waals surface area contributed by atoms with Gasteiger partial charge in [0.15, 0.2) is 17.4 Å². The van der Waals surface area contributed by atoms with Gasteiger partial charge in [-0.1, -0.05) is 66.7 Å². The van der Waals surface area contributed by atoms with Gasteiger partial charge in [0, 0.05) is 32.7 Å². The Morgan fingerprint density at radius 1 is 0.447 bits per heavy atom. The van der Waals surface area contributed by atoms with Gasteiger partial charge in [-0.2, -0.15) is 0 Å². The Balaban J connectivity index is 1.14. The number of rotatable bonds is 4. The number of benzene rings is 5. The molecule has 0 aliphatic carbocycles. The molecule has 0 atom stereocenters. The summed E-state index contributed by atoms with van der Waals surface area (Å²) >= 11 is 0. The SMILES string of the molecule is CC1(C)OB(c2nc(-c3ccc(-c4ccc5oc6ccccc6c5c4)cc3)nc(-c3ccc4oc5ccccc5c4c3)n2)OC1(C)C. The molecule has 1 aliphatic heterocycles. The molecule has 4 heterocycles. The fraction of sp³-hybridized carbons (Fsp3) is 0.154. The Labute approximate surface area is 271 Å². The zero-order chi connectivity index (χ0) is 31.9. The largest absolute Gasteiger partial charge is 0.534 e. The summed E-state index contributed by atoms with van der Waals surface area (Å²) in [6, 6.07) is 36.8. The molecule has 9 rings (SSSR count). The van der Waals surface area contributed by atoms with E-state index in [1.54, 1.807) is 0 Å². The summed E-state index contributed by atoms with van der Waals surface area (Å²) in [5.41, 5.74) is 6.67. The Kier molecular flexibility index (Phi) is 6.01. The van der Waals surface area contributed by atoms with Gasteiger partial charge >= 0.3 is 7.12 Å². The first-order valence-corrected chi connectivity index (χ1v) is 15.8. The van der Waals surface area contributed by atoms with Crippen molar-refractivity contribution in [3.05, 3.63) is 109 Å². The Morgan fingerprint density at radius 2 is 0.894 bits per heavy atom. The van der Waals surface area contributed by atoms with Gasteiger partial charge in [-0.3, -0.25) is 0 Å². The number of aromatic nitrogens is 3. The highest BCUT2D eigenvalue weighted by atomic mass is 16.7. The zero-order valence-corrected chi connectivity index (χ0v) is 26.4. The Hall–Kier alpha value is -5.31. The molecule has 1 saturated heterocycles. The smallest absolute Gasteiger partial charge is 0.456 e. The lowest BCUT2D eigenvalue weighted by molar-refractivity contribution is 0.00578. The van der Waals surface area contributed by atoms with Gasteiger partial charge in [-0.25, -0.2) is 15.0 Å². The maximum Gasteiger partial charge on any atom is 0.534 e. The van der Waals surface area contributed by atoms with E-state index in [2.05, 4.69) is 42.5 Å². The predicted molar refractivity (Wildman–Crippen MR) is 186 cm³/mol. The topological polar surface area (TPSA) is 83.4 Å². The van der Waals surface area contributed by atoms with Crippen molar-refractivity contribution in [2.45, 2.75) is 38.9 Å². The third-order valence-corrected chi connectivity index (χ3v) is 9.60. The minimum Gasteiger partial charge on any atom is -0.456 e. The fourth-order valence-electron chi connectivity index (χ4n) is 6.29. The molecule has 0 amide bonds. The van der Waals surface area contributed by atoms with Gasteiger partial charge in [-0.05, 0) is 81.3 Å². The lowest BCUT2D eigenvalue weighted by Gasteiger charge is -2.32. The van der Waals surface area contributed by atoms with Crippen LogP contribution in [0.2, 0.25) is 0 Å². The van der Waals surface area contributed by atoms with Crippen LogP contribution in [0.5, 0.6) is 0 Å². The minimum absolute atomic E-state index is 0.433. The van der Waals surface area contributed by atoms with Crippen LogP contribution in [-0.4, -0.2) is 33.3 Å². The zero-order valence-electron chi connectivity index (χ0n) is 26.4. The molecule has 8 heteroatoms. The van der Waals surface area contributed by atoms with E-state index in [0.29, 0.717) is 17.4 Å². The Morgan fingerprint density at radius 3 is 1.49 bits per heavy atom. The van der Waals surface area contributed by atoms with Gasteiger partial charge in [0.05, 0.1) is 11.2 Å². The first-order valence-electron chi connectivity index (χ1n) is 15.8. The van der Waals surface area contributed by atoms with Crippen molar-refractivity contribution in [2.75, 3.05) is 0 Å². The summed E-state index contributed by atoms with van der Waals surface area (Å²) in [7, 11) is -0.741. The van der Waals surface area contributed by atoms with Crippen LogP contribution in [0.15, 0.2) is 118 Å². The molecular formula is C39H30BN3O4. The lowest BCUT2D eigenvalue weighted by Crippen LogP contribution is -2.41. The average Bonchev–Trinajstić information content (AvgIpc) is 3.72. The van der Waals surface area contributed by atoms with Crippen LogP contribution >= 0.6 is 0 Å². The average molecular weight is 615 g/mol. The van der Waals surface area contributed by atoms with E-state index in [4.69, 9.17) is 33.1 Å². The van der Waals surface area contributed by atoms with E-state index in [0.717, 1.165) is 66.1 Å². The second kappa shape index (κ2) is 10.1. The molecule has 8 aromatic rings. The van der Waals surface area contributed by atoms with Gasteiger partial charge in [0.25, 0.3) is 0 Å². The highest BCUT2D eigenvalue weighted by Crippen LogP contribution is 2.37. The third kappa shape index (κ3) is 4.55. The van der Waals surface area contributed by atoms with Gasteiger partial charge in [0.2, 0.25) is 0 Å². The quantitative estimate of drug-likeness (QED) is 0.183. The maximum atomic E-state index is 6.39. The van der Waals surface area contributed by atoms with Crippen molar-refractivity contribution in [3.8, 4) is 33.9 Å². The Bertz CT molecular complexity index is 2480. The van der Waals surface area contributed by atoms with Crippen molar-refractivity contribution < 1.29 is 18.1 Å². The number of para-hydroxylation sites is 2. The first-order chi connectivity index (χ1) is 22.7. The molecule has 7 nitrogen and oxygen atoms in total. The standard InChI is InChI=1S/C39H30BN3O4/c1-38(2)39(3,4)47-40(46-38)37-42-35(41-36(43-37)26-18-20-34-30(22-26)28-10-6-8-12-32(28)45-34)24-15-13-23(14-16-24)25-17-19-33-29(21-25)27-9-5-7-11-31(27)44-33/h5-22H,1-4H3. The first kappa shape index (κ1) is 28.0. The summed E-state index contributed by atoms with van der Waals surface area (Å²) < 4.78 is 24.9. The van der Waals surface area contributed by atoms with Gasteiger partial charge in [0.1, 0.15) is 22.3 Å². The molecule has 0 unspecified atom stereocenters. The third-order valence-electron chi connectivity index (χ3n) is 9.60. The number of furan rings is 2. The number of hydrogen-bond acceptors (Lipinski definition) is 7. The fourth-order valence-corrected chi connectivity index (χ4v) is 6.29. The van der Waals surface area contributed by atoms with E-state index in [9.17, 15) is 0 Å². The van der Waals surface area contributed by atoms with Gasteiger partial charge in [-0.15, -0.1) is 0 Å². The van der Waals surface area contributed by atoms with E-state index in [1.807, 2.05) is 94.4 Å². The summed E-state index contributed by atoms with van der Waals surface area (Å²) in [6.07, 6.45) is 0. The molecule has 3 aromatic heterocycles. The molecule has 5 aromatic carbocycles. The monoisotopic (exact) mass is 615 g/mol. The van der Waals surface area contributed by atoms with E-state index in [-0.39, 0.29) is 0 Å². The molecule has 47 heavy (non-hydrogen) atoms. The predicted octanol–water partition coefficient (Wildman–Crippen LogP) is 8.97. The highest BCUT2D eigenvalue weighted by Gasteiger charge is 2.53. The molecule has 0 spiro atoms. The van der Waals surface area contributed by atoms with Crippen LogP contribution in [0.25, 0.3) is 77.8 Å². The molecule has 228 valence electrons. The maximum absolute atomic E-state index is 6.39.